The minimum atomic E-state index is -0.639. The summed E-state index contributed by atoms with van der Waals surface area (Å²) in [7, 11) is 0. The van der Waals surface area contributed by atoms with Gasteiger partial charge in [-0.1, -0.05) is 38.1 Å². The molecule has 0 unspecified atom stereocenters. The van der Waals surface area contributed by atoms with Crippen molar-refractivity contribution in [3.05, 3.63) is 59.2 Å². The number of carbonyl (C=O) groups is 2. The molecule has 0 saturated carbocycles. The van der Waals surface area contributed by atoms with Crippen LogP contribution in [-0.4, -0.2) is 29.1 Å². The van der Waals surface area contributed by atoms with Gasteiger partial charge in [0.05, 0.1) is 17.9 Å². The quantitative estimate of drug-likeness (QED) is 0.340. The van der Waals surface area contributed by atoms with Gasteiger partial charge in [-0.25, -0.2) is 0 Å². The van der Waals surface area contributed by atoms with Crippen molar-refractivity contribution in [2.24, 2.45) is 5.41 Å². The number of anilines is 1. The number of rotatable bonds is 8. The number of carbonyl (C=O) groups excluding carboxylic acids is 2. The van der Waals surface area contributed by atoms with Gasteiger partial charge in [0.25, 0.3) is 5.91 Å². The van der Waals surface area contributed by atoms with Gasteiger partial charge in [-0.05, 0) is 89.0 Å². The van der Waals surface area contributed by atoms with Crippen LogP contribution in [0.1, 0.15) is 68.9 Å². The molecule has 0 aliphatic heterocycles. The molecule has 0 bridgehead atoms. The number of hydrogen-bond acceptors (Lipinski definition) is 4. The first-order valence-corrected chi connectivity index (χ1v) is 11.9. The fourth-order valence-corrected chi connectivity index (χ4v) is 3.50. The van der Waals surface area contributed by atoms with Gasteiger partial charge in [0.1, 0.15) is 5.75 Å². The highest BCUT2D eigenvalue weighted by molar-refractivity contribution is 7.80. The van der Waals surface area contributed by atoms with Gasteiger partial charge < -0.3 is 20.7 Å². The molecular weight excluding hydrogens is 446 g/mol. The van der Waals surface area contributed by atoms with E-state index in [0.29, 0.717) is 24.3 Å². The minimum absolute atomic E-state index is 0.153. The second-order valence-electron chi connectivity index (χ2n) is 10.3. The Bertz CT molecular complexity index is 1040. The van der Waals surface area contributed by atoms with E-state index in [4.69, 9.17) is 17.0 Å². The lowest BCUT2D eigenvalue weighted by atomic mass is 9.87. The van der Waals surface area contributed by atoms with Crippen LogP contribution in [0, 0.1) is 19.3 Å². The normalized spacial score (nSPS) is 11.5. The maximum Gasteiger partial charge on any atom is 0.253 e. The monoisotopic (exact) mass is 483 g/mol. The molecule has 2 amide bonds. The summed E-state index contributed by atoms with van der Waals surface area (Å²) in [5.74, 6) is 0.476. The molecule has 0 saturated heterocycles. The van der Waals surface area contributed by atoms with E-state index in [1.54, 1.807) is 24.3 Å². The lowest BCUT2D eigenvalue weighted by molar-refractivity contribution is -0.128. The smallest absolute Gasteiger partial charge is 0.253 e. The molecule has 0 aliphatic carbocycles. The fraction of sp³-hybridized carbons (Fsp3) is 0.444. The first-order chi connectivity index (χ1) is 15.8. The van der Waals surface area contributed by atoms with E-state index in [9.17, 15) is 9.59 Å². The van der Waals surface area contributed by atoms with Gasteiger partial charge in [-0.2, -0.15) is 0 Å². The van der Waals surface area contributed by atoms with Crippen LogP contribution < -0.4 is 20.7 Å². The third-order valence-corrected chi connectivity index (χ3v) is 5.50. The molecule has 2 aromatic carbocycles. The molecule has 0 aromatic heterocycles. The van der Waals surface area contributed by atoms with E-state index in [1.165, 1.54) is 0 Å². The molecule has 2 rings (SSSR count). The summed E-state index contributed by atoms with van der Waals surface area (Å²) >= 11 is 5.36. The zero-order valence-corrected chi connectivity index (χ0v) is 22.1. The number of aryl methyl sites for hydroxylation is 2. The molecule has 2 aromatic rings. The van der Waals surface area contributed by atoms with Crippen molar-refractivity contribution < 1.29 is 14.3 Å². The van der Waals surface area contributed by atoms with E-state index in [1.807, 2.05) is 60.6 Å². The largest absolute Gasteiger partial charge is 0.493 e. The van der Waals surface area contributed by atoms with Gasteiger partial charge in [0.15, 0.2) is 5.11 Å². The summed E-state index contributed by atoms with van der Waals surface area (Å²) in [5.41, 5.74) is 2.23. The van der Waals surface area contributed by atoms with Crippen molar-refractivity contribution >= 4 is 34.8 Å². The predicted octanol–water partition coefficient (Wildman–Crippen LogP) is 5.53. The molecule has 0 radical (unpaired) electrons. The highest BCUT2D eigenvalue weighted by atomic mass is 32.1. The van der Waals surface area contributed by atoms with Crippen molar-refractivity contribution in [3.63, 3.8) is 0 Å². The number of thiocarbonyl (C=S) groups is 1. The Morgan fingerprint density at radius 1 is 1.00 bits per heavy atom. The number of para-hydroxylation sites is 1. The van der Waals surface area contributed by atoms with Gasteiger partial charge in [-0.15, -0.1) is 0 Å². The van der Waals surface area contributed by atoms with Crippen LogP contribution in [0.25, 0.3) is 0 Å². The van der Waals surface area contributed by atoms with E-state index >= 15 is 0 Å². The Balaban J connectivity index is 1.90. The Kier molecular flexibility index (Phi) is 9.21. The van der Waals surface area contributed by atoms with Crippen LogP contribution in [0.2, 0.25) is 0 Å². The SMILES string of the molecule is Cc1ccc(C)c(OCCCC(C)(C)C(=O)NC(=S)Nc2ccccc2C(=O)NC(C)(C)C)c1. The number of hydrogen-bond donors (Lipinski definition) is 3. The zero-order chi connectivity index (χ0) is 25.5. The fourth-order valence-electron chi connectivity index (χ4n) is 3.30. The van der Waals surface area contributed by atoms with Gasteiger partial charge in [0.2, 0.25) is 5.91 Å². The molecular formula is C27H37N3O3S. The maximum absolute atomic E-state index is 12.9. The van der Waals surface area contributed by atoms with Gasteiger partial charge in [-0.3, -0.25) is 9.59 Å². The average molecular weight is 484 g/mol. The van der Waals surface area contributed by atoms with E-state index in [0.717, 1.165) is 23.3 Å². The second-order valence-corrected chi connectivity index (χ2v) is 10.7. The standard InChI is InChI=1S/C27H37N3O3S/c1-18-13-14-19(2)22(17-18)33-16-10-15-27(6,7)24(32)29-25(34)28-21-12-9-8-11-20(21)23(31)30-26(3,4)5/h8-9,11-14,17H,10,15-16H2,1-7H3,(H,30,31)(H2,28,29,32,34). The van der Waals surface area contributed by atoms with Crippen LogP contribution in [0.15, 0.2) is 42.5 Å². The molecule has 6 nitrogen and oxygen atoms in total. The molecule has 0 spiro atoms. The van der Waals surface area contributed by atoms with E-state index in [2.05, 4.69) is 22.0 Å². The number of benzene rings is 2. The molecule has 0 aliphatic rings. The molecule has 0 fully saturated rings. The predicted molar refractivity (Wildman–Crippen MR) is 142 cm³/mol. The van der Waals surface area contributed by atoms with Crippen molar-refractivity contribution in [2.75, 3.05) is 11.9 Å². The zero-order valence-electron chi connectivity index (χ0n) is 21.3. The third kappa shape index (κ3) is 8.45. The van der Waals surface area contributed by atoms with Crippen LogP contribution in [-0.2, 0) is 4.79 Å². The van der Waals surface area contributed by atoms with Crippen LogP contribution in [0.3, 0.4) is 0 Å². The first kappa shape index (κ1) is 27.3. The highest BCUT2D eigenvalue weighted by Crippen LogP contribution is 2.24. The average Bonchev–Trinajstić information content (AvgIpc) is 2.72. The van der Waals surface area contributed by atoms with E-state index in [-0.39, 0.29) is 22.5 Å². The Morgan fingerprint density at radius 2 is 1.68 bits per heavy atom. The highest BCUT2D eigenvalue weighted by Gasteiger charge is 2.28. The summed E-state index contributed by atoms with van der Waals surface area (Å²) < 4.78 is 5.92. The molecule has 7 heteroatoms. The second kappa shape index (κ2) is 11.5. The number of nitrogens with one attached hydrogen (secondary N) is 3. The Hall–Kier alpha value is -2.93. The lowest BCUT2D eigenvalue weighted by Gasteiger charge is -2.25. The summed E-state index contributed by atoms with van der Waals surface area (Å²) in [4.78, 5) is 25.5. The van der Waals surface area contributed by atoms with Crippen LogP contribution in [0.5, 0.6) is 5.75 Å². The molecule has 0 heterocycles. The molecule has 3 N–H and O–H groups in total. The van der Waals surface area contributed by atoms with Gasteiger partial charge in [0, 0.05) is 11.0 Å². The summed E-state index contributed by atoms with van der Waals surface area (Å²) in [6.07, 6.45) is 1.36. The van der Waals surface area contributed by atoms with Crippen molar-refractivity contribution in [1.29, 1.82) is 0 Å². The van der Waals surface area contributed by atoms with Crippen molar-refractivity contribution in [1.82, 2.24) is 10.6 Å². The van der Waals surface area contributed by atoms with Crippen molar-refractivity contribution in [3.8, 4) is 5.75 Å². The topological polar surface area (TPSA) is 79.5 Å². The Morgan fingerprint density at radius 3 is 2.35 bits per heavy atom. The van der Waals surface area contributed by atoms with E-state index < -0.39 is 5.41 Å². The minimum Gasteiger partial charge on any atom is -0.493 e. The Labute approximate surface area is 208 Å². The molecule has 34 heavy (non-hydrogen) atoms. The number of amides is 2. The first-order valence-electron chi connectivity index (χ1n) is 11.5. The molecule has 184 valence electrons. The lowest BCUT2D eigenvalue weighted by Crippen LogP contribution is -2.43. The summed E-state index contributed by atoms with van der Waals surface area (Å²) in [6.45, 7) is 14.1. The van der Waals surface area contributed by atoms with Gasteiger partial charge >= 0.3 is 0 Å². The summed E-state index contributed by atoms with van der Waals surface area (Å²) in [6, 6.07) is 13.2. The third-order valence-electron chi connectivity index (χ3n) is 5.30. The van der Waals surface area contributed by atoms with Crippen molar-refractivity contribution in [2.45, 2.75) is 66.8 Å². The van der Waals surface area contributed by atoms with Crippen LogP contribution >= 0.6 is 12.2 Å². The molecule has 0 atom stereocenters. The summed E-state index contributed by atoms with van der Waals surface area (Å²) in [5, 5.41) is 8.85. The van der Waals surface area contributed by atoms with Crippen LogP contribution in [0.4, 0.5) is 5.69 Å². The maximum atomic E-state index is 12.9. The number of ether oxygens (including phenoxy) is 1.